The Morgan fingerprint density at radius 3 is 2.39 bits per heavy atom. The van der Waals surface area contributed by atoms with E-state index in [0.29, 0.717) is 0 Å². The van der Waals surface area contributed by atoms with E-state index in [1.165, 1.54) is 38.6 Å². The minimum absolute atomic E-state index is 0.629. The van der Waals surface area contributed by atoms with E-state index in [9.17, 15) is 0 Å². The molecule has 3 rings (SSSR count). The summed E-state index contributed by atoms with van der Waals surface area (Å²) < 4.78 is 5.80. The quantitative estimate of drug-likeness (QED) is 0.692. The molecular formula is C17H16Zr. The fourth-order valence-corrected chi connectivity index (χ4v) is 4.77. The first-order valence-corrected chi connectivity index (χ1v) is 9.22. The van der Waals surface area contributed by atoms with Crippen molar-refractivity contribution in [2.24, 2.45) is 0 Å². The first-order valence-electron chi connectivity index (χ1n) is 6.25. The Morgan fingerprint density at radius 1 is 0.944 bits per heavy atom. The molecular weight excluding hydrogens is 295 g/mol. The maximum atomic E-state index is 4.23. The van der Waals surface area contributed by atoms with E-state index in [0.717, 1.165) is 0 Å². The van der Waals surface area contributed by atoms with Crippen molar-refractivity contribution in [2.75, 3.05) is 0 Å². The molecule has 0 saturated carbocycles. The normalized spacial score (nSPS) is 13.5. The third kappa shape index (κ3) is 1.61. The van der Waals surface area contributed by atoms with Crippen molar-refractivity contribution in [3.63, 3.8) is 0 Å². The van der Waals surface area contributed by atoms with Crippen LogP contribution < -0.4 is 0 Å². The molecule has 1 heteroatoms. The maximum absolute atomic E-state index is 4.23. The molecule has 0 bridgehead atoms. The predicted octanol–water partition coefficient (Wildman–Crippen LogP) is 3.91. The minimum atomic E-state index is -0.629. The first-order chi connectivity index (χ1) is 8.63. The van der Waals surface area contributed by atoms with E-state index in [-0.39, 0.29) is 0 Å². The number of allylic oxidation sites excluding steroid dienone is 1. The van der Waals surface area contributed by atoms with Crippen molar-refractivity contribution < 1.29 is 22.3 Å². The van der Waals surface area contributed by atoms with Crippen LogP contribution in [0.5, 0.6) is 0 Å². The molecule has 1 aliphatic carbocycles. The predicted molar refractivity (Wildman–Crippen MR) is 78.3 cm³/mol. The summed E-state index contributed by atoms with van der Waals surface area (Å²) in [4.78, 5) is 0. The van der Waals surface area contributed by atoms with Gasteiger partial charge < -0.3 is 0 Å². The zero-order valence-corrected chi connectivity index (χ0v) is 13.6. The van der Waals surface area contributed by atoms with Gasteiger partial charge in [0, 0.05) is 0 Å². The second-order valence-electron chi connectivity index (χ2n) is 5.03. The van der Waals surface area contributed by atoms with Crippen LogP contribution in [0.15, 0.2) is 29.8 Å². The standard InChI is InChI=1S/C16H14.CH2.Zr/c1-10-8-13-6-7-14-11(2)4-5-12(3)16(14)15(13)9-10;;/h4-7,9H,1-3H3;1H2;. The average Bonchev–Trinajstić information content (AvgIpc) is 2.68. The molecule has 0 aromatic heterocycles. The van der Waals surface area contributed by atoms with Gasteiger partial charge in [-0.2, -0.15) is 0 Å². The van der Waals surface area contributed by atoms with Crippen molar-refractivity contribution in [1.29, 1.82) is 0 Å². The van der Waals surface area contributed by atoms with E-state index in [4.69, 9.17) is 0 Å². The third-order valence-electron chi connectivity index (χ3n) is 3.85. The second-order valence-corrected chi connectivity index (χ2v) is 7.13. The zero-order chi connectivity index (χ0) is 12.9. The van der Waals surface area contributed by atoms with E-state index in [2.05, 4.69) is 55.3 Å². The van der Waals surface area contributed by atoms with Crippen LogP contribution in [0.25, 0.3) is 16.8 Å². The monoisotopic (exact) mass is 310 g/mol. The fourth-order valence-electron chi connectivity index (χ4n) is 2.90. The van der Waals surface area contributed by atoms with Gasteiger partial charge in [0.2, 0.25) is 0 Å². The zero-order valence-electron chi connectivity index (χ0n) is 11.1. The Balaban J connectivity index is 2.53. The van der Waals surface area contributed by atoms with Crippen molar-refractivity contribution in [3.05, 3.63) is 52.1 Å². The number of benzene rings is 2. The Hall–Kier alpha value is -0.937. The average molecular weight is 312 g/mol. The van der Waals surface area contributed by atoms with Gasteiger partial charge in [0.05, 0.1) is 0 Å². The third-order valence-corrected chi connectivity index (χ3v) is 6.35. The molecule has 0 amide bonds. The van der Waals surface area contributed by atoms with E-state index in [1.54, 1.807) is 3.21 Å². The molecule has 0 N–H and O–H groups in total. The van der Waals surface area contributed by atoms with Crippen molar-refractivity contribution in [1.82, 2.24) is 0 Å². The van der Waals surface area contributed by atoms with Crippen LogP contribution in [0.2, 0.25) is 0 Å². The molecule has 0 unspecified atom stereocenters. The Labute approximate surface area is 119 Å². The molecule has 0 aliphatic heterocycles. The van der Waals surface area contributed by atoms with E-state index in [1.807, 2.05) is 0 Å². The van der Waals surface area contributed by atoms with Crippen molar-refractivity contribution >= 4 is 24.3 Å². The molecule has 0 heterocycles. The molecule has 2 aromatic rings. The van der Waals surface area contributed by atoms with Crippen molar-refractivity contribution in [2.45, 2.75) is 20.8 Å². The fraction of sp³-hybridized carbons (Fsp3) is 0.176. The van der Waals surface area contributed by atoms with Gasteiger partial charge in [-0.3, -0.25) is 0 Å². The van der Waals surface area contributed by atoms with Gasteiger partial charge >= 0.3 is 119 Å². The van der Waals surface area contributed by atoms with Gasteiger partial charge in [0.15, 0.2) is 0 Å². The summed E-state index contributed by atoms with van der Waals surface area (Å²) in [6, 6.07) is 9.05. The van der Waals surface area contributed by atoms with E-state index < -0.39 is 22.3 Å². The SMILES string of the molecule is [CH2]=[Zr]=[C]1C(C)=Cc2c1ccc1c(C)ccc(C)c21. The molecule has 0 radical (unpaired) electrons. The number of hydrogen-bond donors (Lipinski definition) is 0. The van der Waals surface area contributed by atoms with Crippen molar-refractivity contribution in [3.8, 4) is 0 Å². The van der Waals surface area contributed by atoms with Gasteiger partial charge in [-0.05, 0) is 0 Å². The van der Waals surface area contributed by atoms with Crippen LogP contribution in [0.3, 0.4) is 0 Å². The van der Waals surface area contributed by atoms with Crippen LogP contribution >= 0.6 is 0 Å². The molecule has 0 atom stereocenters. The molecule has 18 heavy (non-hydrogen) atoms. The van der Waals surface area contributed by atoms with Crippen LogP contribution in [0, 0.1) is 13.8 Å². The first kappa shape index (κ1) is 12.1. The number of aryl methyl sites for hydroxylation is 2. The summed E-state index contributed by atoms with van der Waals surface area (Å²) in [6.07, 6.45) is 2.37. The molecule has 0 spiro atoms. The van der Waals surface area contributed by atoms with Crippen LogP contribution in [-0.4, -0.2) is 7.42 Å². The molecule has 0 saturated heterocycles. The van der Waals surface area contributed by atoms with Gasteiger partial charge in [-0.25, -0.2) is 0 Å². The molecule has 88 valence electrons. The Kier molecular flexibility index (Phi) is 2.90. The summed E-state index contributed by atoms with van der Waals surface area (Å²) >= 11 is -0.629. The number of hydrogen-bond acceptors (Lipinski definition) is 0. The molecule has 1 aliphatic rings. The number of fused-ring (bicyclic) bond motifs is 3. The van der Waals surface area contributed by atoms with Gasteiger partial charge in [0.1, 0.15) is 0 Å². The number of rotatable bonds is 0. The molecule has 2 aromatic carbocycles. The van der Waals surface area contributed by atoms with Gasteiger partial charge in [-0.15, -0.1) is 0 Å². The summed E-state index contributed by atoms with van der Waals surface area (Å²) in [5, 5.41) is 2.84. The van der Waals surface area contributed by atoms with Gasteiger partial charge in [-0.1, -0.05) is 0 Å². The summed E-state index contributed by atoms with van der Waals surface area (Å²) in [5.74, 6) is 0. The molecule has 0 nitrogen and oxygen atoms in total. The van der Waals surface area contributed by atoms with Crippen LogP contribution in [-0.2, 0) is 22.3 Å². The second kappa shape index (κ2) is 4.31. The molecule has 0 fully saturated rings. The van der Waals surface area contributed by atoms with Gasteiger partial charge in [0.25, 0.3) is 0 Å². The topological polar surface area (TPSA) is 0 Å². The van der Waals surface area contributed by atoms with Crippen LogP contribution in [0.1, 0.15) is 29.2 Å². The van der Waals surface area contributed by atoms with Crippen LogP contribution in [0.4, 0.5) is 0 Å². The Bertz CT molecular complexity index is 757. The Morgan fingerprint density at radius 2 is 1.67 bits per heavy atom. The summed E-state index contributed by atoms with van der Waals surface area (Å²) in [7, 11) is 0. The summed E-state index contributed by atoms with van der Waals surface area (Å²) in [6.45, 7) is 6.65. The van der Waals surface area contributed by atoms with E-state index >= 15 is 0 Å². The summed E-state index contributed by atoms with van der Waals surface area (Å²) in [5.41, 5.74) is 7.08.